The predicted octanol–water partition coefficient (Wildman–Crippen LogP) is 3.24. The van der Waals surface area contributed by atoms with E-state index in [0.717, 1.165) is 0 Å². The average Bonchev–Trinajstić information content (AvgIpc) is 2.31. The van der Waals surface area contributed by atoms with Gasteiger partial charge >= 0.3 is 0 Å². The maximum atomic E-state index is 6.23. The molecule has 0 heterocycles. The van der Waals surface area contributed by atoms with Gasteiger partial charge in [-0.05, 0) is 25.3 Å². The highest BCUT2D eigenvalue weighted by atomic mass is 14.7. The van der Waals surface area contributed by atoms with Gasteiger partial charge in [0.1, 0.15) is 0 Å². The molecule has 0 spiro atoms. The first-order valence-electron chi connectivity index (χ1n) is 6.07. The Labute approximate surface area is 92.7 Å². The largest absolute Gasteiger partial charge is 0.327 e. The molecule has 0 aliphatic heterocycles. The summed E-state index contributed by atoms with van der Waals surface area (Å²) in [6.07, 6.45) is 6.55. The van der Waals surface area contributed by atoms with Crippen LogP contribution in [0.3, 0.4) is 0 Å². The Morgan fingerprint density at radius 2 is 1.67 bits per heavy atom. The first kappa shape index (κ1) is 10.7. The lowest BCUT2D eigenvalue weighted by Crippen LogP contribution is -2.44. The highest BCUT2D eigenvalue weighted by Gasteiger charge is 2.36. The van der Waals surface area contributed by atoms with Gasteiger partial charge in [0.25, 0.3) is 0 Å². The van der Waals surface area contributed by atoms with Crippen LogP contribution in [-0.4, -0.2) is 6.04 Å². The molecule has 1 heteroatoms. The van der Waals surface area contributed by atoms with E-state index in [-0.39, 0.29) is 11.5 Å². The van der Waals surface area contributed by atoms with Crippen LogP contribution < -0.4 is 5.73 Å². The molecule has 0 bridgehead atoms. The summed E-state index contributed by atoms with van der Waals surface area (Å²) in [5, 5.41) is 0. The Kier molecular flexibility index (Phi) is 3.11. The molecule has 0 amide bonds. The standard InChI is InChI=1S/C14H21N/c1-12(15)14(10-6-3-7-11-14)13-8-4-2-5-9-13/h2,4-5,8-9,12H,3,6-7,10-11,15H2,1H3/t12-/m1/s1. The number of hydrogen-bond acceptors (Lipinski definition) is 1. The third-order valence-corrected chi connectivity index (χ3v) is 3.97. The van der Waals surface area contributed by atoms with Crippen molar-refractivity contribution in [3.8, 4) is 0 Å². The number of rotatable bonds is 2. The van der Waals surface area contributed by atoms with E-state index in [4.69, 9.17) is 5.73 Å². The van der Waals surface area contributed by atoms with Crippen molar-refractivity contribution in [2.24, 2.45) is 5.73 Å². The lowest BCUT2D eigenvalue weighted by molar-refractivity contribution is 0.252. The summed E-state index contributed by atoms with van der Waals surface area (Å²) < 4.78 is 0. The number of nitrogens with two attached hydrogens (primary N) is 1. The molecule has 0 unspecified atom stereocenters. The Morgan fingerprint density at radius 1 is 1.07 bits per heavy atom. The van der Waals surface area contributed by atoms with Crippen molar-refractivity contribution < 1.29 is 0 Å². The van der Waals surface area contributed by atoms with Crippen LogP contribution >= 0.6 is 0 Å². The van der Waals surface area contributed by atoms with E-state index < -0.39 is 0 Å². The predicted molar refractivity (Wildman–Crippen MR) is 64.9 cm³/mol. The minimum Gasteiger partial charge on any atom is -0.327 e. The third kappa shape index (κ3) is 1.93. The van der Waals surface area contributed by atoms with Gasteiger partial charge in [-0.1, -0.05) is 49.6 Å². The molecule has 0 aromatic heterocycles. The Bertz CT molecular complexity index is 296. The quantitative estimate of drug-likeness (QED) is 0.784. The van der Waals surface area contributed by atoms with Gasteiger partial charge in [0, 0.05) is 11.5 Å². The molecule has 1 fully saturated rings. The maximum Gasteiger partial charge on any atom is 0.0108 e. The Balaban J connectivity index is 2.34. The van der Waals surface area contributed by atoms with Crippen molar-refractivity contribution in [2.45, 2.75) is 50.5 Å². The molecular weight excluding hydrogens is 182 g/mol. The van der Waals surface area contributed by atoms with Crippen molar-refractivity contribution >= 4 is 0 Å². The molecule has 1 aliphatic rings. The highest BCUT2D eigenvalue weighted by molar-refractivity contribution is 5.28. The molecule has 1 aromatic rings. The highest BCUT2D eigenvalue weighted by Crippen LogP contribution is 2.41. The van der Waals surface area contributed by atoms with Crippen molar-refractivity contribution in [3.63, 3.8) is 0 Å². The molecule has 0 radical (unpaired) electrons. The van der Waals surface area contributed by atoms with E-state index in [1.54, 1.807) is 0 Å². The van der Waals surface area contributed by atoms with Crippen molar-refractivity contribution in [1.29, 1.82) is 0 Å². The molecule has 15 heavy (non-hydrogen) atoms. The second-order valence-corrected chi connectivity index (χ2v) is 4.87. The smallest absolute Gasteiger partial charge is 0.0108 e. The first-order valence-corrected chi connectivity index (χ1v) is 6.07. The zero-order valence-electron chi connectivity index (χ0n) is 9.58. The van der Waals surface area contributed by atoms with Crippen LogP contribution in [0.5, 0.6) is 0 Å². The van der Waals surface area contributed by atoms with Gasteiger partial charge in [-0.25, -0.2) is 0 Å². The second kappa shape index (κ2) is 4.36. The van der Waals surface area contributed by atoms with Crippen LogP contribution in [0.4, 0.5) is 0 Å². The van der Waals surface area contributed by atoms with Crippen LogP contribution in [0, 0.1) is 0 Å². The third-order valence-electron chi connectivity index (χ3n) is 3.97. The molecule has 0 saturated heterocycles. The van der Waals surface area contributed by atoms with E-state index in [1.807, 2.05) is 0 Å². The number of benzene rings is 1. The van der Waals surface area contributed by atoms with Gasteiger partial charge in [-0.3, -0.25) is 0 Å². The second-order valence-electron chi connectivity index (χ2n) is 4.87. The SMILES string of the molecule is C[C@@H](N)C1(c2ccccc2)CCCCC1. The van der Waals surface area contributed by atoms with Gasteiger partial charge < -0.3 is 5.73 Å². The topological polar surface area (TPSA) is 26.0 Å². The molecule has 1 aromatic carbocycles. The molecule has 1 aliphatic carbocycles. The maximum absolute atomic E-state index is 6.23. The molecule has 1 nitrogen and oxygen atoms in total. The summed E-state index contributed by atoms with van der Waals surface area (Å²) in [4.78, 5) is 0. The fraction of sp³-hybridized carbons (Fsp3) is 0.571. The summed E-state index contributed by atoms with van der Waals surface area (Å²) in [5.74, 6) is 0. The lowest BCUT2D eigenvalue weighted by Gasteiger charge is -2.41. The van der Waals surface area contributed by atoms with Gasteiger partial charge in [0.2, 0.25) is 0 Å². The van der Waals surface area contributed by atoms with Crippen LogP contribution in [0.1, 0.15) is 44.6 Å². The molecular formula is C14H21N. The normalized spacial score (nSPS) is 22.3. The molecule has 82 valence electrons. The van der Waals surface area contributed by atoms with E-state index in [9.17, 15) is 0 Å². The summed E-state index contributed by atoms with van der Waals surface area (Å²) >= 11 is 0. The fourth-order valence-corrected chi connectivity index (χ4v) is 2.96. The Morgan fingerprint density at radius 3 is 2.20 bits per heavy atom. The van der Waals surface area contributed by atoms with Crippen molar-refractivity contribution in [1.82, 2.24) is 0 Å². The first-order chi connectivity index (χ1) is 7.26. The summed E-state index contributed by atoms with van der Waals surface area (Å²) in [5.41, 5.74) is 7.93. The van der Waals surface area contributed by atoms with E-state index in [1.165, 1.54) is 37.7 Å². The molecule has 1 saturated carbocycles. The van der Waals surface area contributed by atoms with Crippen molar-refractivity contribution in [2.75, 3.05) is 0 Å². The fourth-order valence-electron chi connectivity index (χ4n) is 2.96. The van der Waals surface area contributed by atoms with Crippen LogP contribution in [0.25, 0.3) is 0 Å². The molecule has 2 rings (SSSR count). The van der Waals surface area contributed by atoms with Crippen LogP contribution in [0.2, 0.25) is 0 Å². The van der Waals surface area contributed by atoms with Gasteiger partial charge in [0.15, 0.2) is 0 Å². The molecule has 1 atom stereocenters. The van der Waals surface area contributed by atoms with Gasteiger partial charge in [0.05, 0.1) is 0 Å². The zero-order chi connectivity index (χ0) is 10.7. The summed E-state index contributed by atoms with van der Waals surface area (Å²) in [6.45, 7) is 2.16. The van der Waals surface area contributed by atoms with E-state index in [0.29, 0.717) is 0 Å². The zero-order valence-corrected chi connectivity index (χ0v) is 9.58. The van der Waals surface area contributed by atoms with Crippen LogP contribution in [0.15, 0.2) is 30.3 Å². The van der Waals surface area contributed by atoms with E-state index in [2.05, 4.69) is 37.3 Å². The van der Waals surface area contributed by atoms with Crippen LogP contribution in [-0.2, 0) is 5.41 Å². The van der Waals surface area contributed by atoms with E-state index >= 15 is 0 Å². The molecule has 2 N–H and O–H groups in total. The van der Waals surface area contributed by atoms with Gasteiger partial charge in [-0.15, -0.1) is 0 Å². The minimum absolute atomic E-state index is 0.250. The van der Waals surface area contributed by atoms with Crippen molar-refractivity contribution in [3.05, 3.63) is 35.9 Å². The monoisotopic (exact) mass is 203 g/mol. The minimum atomic E-state index is 0.250. The number of hydrogen-bond donors (Lipinski definition) is 1. The van der Waals surface area contributed by atoms with Gasteiger partial charge in [-0.2, -0.15) is 0 Å². The lowest BCUT2D eigenvalue weighted by atomic mass is 9.65. The average molecular weight is 203 g/mol. The summed E-state index contributed by atoms with van der Waals surface area (Å²) in [7, 11) is 0. The Hall–Kier alpha value is -0.820. The summed E-state index contributed by atoms with van der Waals surface area (Å²) in [6, 6.07) is 11.1.